The van der Waals surface area contributed by atoms with Gasteiger partial charge in [-0.15, -0.1) is 0 Å². The number of hydrogen-bond donors (Lipinski definition) is 1. The fourth-order valence-corrected chi connectivity index (χ4v) is 4.31. The molecule has 0 atom stereocenters. The highest BCUT2D eigenvalue weighted by Gasteiger charge is 2.24. The van der Waals surface area contributed by atoms with Crippen LogP contribution in [0.1, 0.15) is 54.4 Å². The number of carbonyl (C=O) groups excluding carboxylic acids is 2. The second kappa shape index (κ2) is 7.95. The van der Waals surface area contributed by atoms with E-state index in [4.69, 9.17) is 0 Å². The summed E-state index contributed by atoms with van der Waals surface area (Å²) in [7, 11) is 0. The maximum atomic E-state index is 12.9. The standard InChI is InChI=1S/C23H26N2O2/c26-22(15-17-7-4-5-8-17)24-20-12-13-21-19(16-20)11-6-14-25(21)23(27)18-9-2-1-3-10-18/h1-3,9-10,12-13,16-17H,4-8,11,14-15H2,(H,24,26). The molecule has 2 aromatic carbocycles. The van der Waals surface area contributed by atoms with Crippen LogP contribution in [-0.2, 0) is 11.2 Å². The molecule has 0 spiro atoms. The van der Waals surface area contributed by atoms with Gasteiger partial charge < -0.3 is 10.2 Å². The van der Waals surface area contributed by atoms with Crippen molar-refractivity contribution in [2.75, 3.05) is 16.8 Å². The monoisotopic (exact) mass is 362 g/mol. The zero-order chi connectivity index (χ0) is 18.6. The Bertz CT molecular complexity index is 826. The Kier molecular flexibility index (Phi) is 5.23. The molecule has 2 aliphatic rings. The second-order valence-corrected chi connectivity index (χ2v) is 7.67. The number of fused-ring (bicyclic) bond motifs is 1. The summed E-state index contributed by atoms with van der Waals surface area (Å²) < 4.78 is 0. The molecule has 4 heteroatoms. The van der Waals surface area contributed by atoms with Gasteiger partial charge in [-0.2, -0.15) is 0 Å². The SMILES string of the molecule is O=C(CC1CCCC1)Nc1ccc2c(c1)CCCN2C(=O)c1ccccc1. The first-order valence-corrected chi connectivity index (χ1v) is 10.0. The summed E-state index contributed by atoms with van der Waals surface area (Å²) in [5, 5.41) is 3.05. The minimum atomic E-state index is 0.0366. The van der Waals surface area contributed by atoms with Crippen LogP contribution < -0.4 is 10.2 Å². The predicted molar refractivity (Wildman–Crippen MR) is 108 cm³/mol. The van der Waals surface area contributed by atoms with Crippen molar-refractivity contribution in [1.29, 1.82) is 0 Å². The second-order valence-electron chi connectivity index (χ2n) is 7.67. The number of rotatable bonds is 4. The number of carbonyl (C=O) groups is 2. The average Bonchev–Trinajstić information content (AvgIpc) is 3.20. The lowest BCUT2D eigenvalue weighted by atomic mass is 9.99. The summed E-state index contributed by atoms with van der Waals surface area (Å²) in [5.74, 6) is 0.686. The van der Waals surface area contributed by atoms with Crippen molar-refractivity contribution in [3.8, 4) is 0 Å². The first kappa shape index (κ1) is 17.8. The molecule has 4 nitrogen and oxygen atoms in total. The minimum absolute atomic E-state index is 0.0366. The van der Waals surface area contributed by atoms with E-state index in [2.05, 4.69) is 5.32 Å². The van der Waals surface area contributed by atoms with Crippen LogP contribution in [0.25, 0.3) is 0 Å². The van der Waals surface area contributed by atoms with Crippen molar-refractivity contribution >= 4 is 23.2 Å². The molecule has 1 aliphatic carbocycles. The summed E-state index contributed by atoms with van der Waals surface area (Å²) >= 11 is 0. The van der Waals surface area contributed by atoms with Gasteiger partial charge in [-0.1, -0.05) is 31.0 Å². The zero-order valence-electron chi connectivity index (χ0n) is 15.6. The van der Waals surface area contributed by atoms with Gasteiger partial charge in [-0.25, -0.2) is 0 Å². The third-order valence-electron chi connectivity index (χ3n) is 5.70. The van der Waals surface area contributed by atoms with Gasteiger partial charge in [0.05, 0.1) is 0 Å². The van der Waals surface area contributed by atoms with Gasteiger partial charge in [0, 0.05) is 29.9 Å². The van der Waals surface area contributed by atoms with E-state index in [0.717, 1.165) is 36.3 Å². The Morgan fingerprint density at radius 2 is 1.78 bits per heavy atom. The molecule has 2 aromatic rings. The lowest BCUT2D eigenvalue weighted by Gasteiger charge is -2.30. The van der Waals surface area contributed by atoms with E-state index in [-0.39, 0.29) is 11.8 Å². The fourth-order valence-electron chi connectivity index (χ4n) is 4.31. The van der Waals surface area contributed by atoms with E-state index in [1.165, 1.54) is 25.7 Å². The van der Waals surface area contributed by atoms with E-state index in [0.29, 0.717) is 17.9 Å². The third-order valence-corrected chi connectivity index (χ3v) is 5.70. The molecule has 1 N–H and O–H groups in total. The maximum absolute atomic E-state index is 12.9. The summed E-state index contributed by atoms with van der Waals surface area (Å²) in [6, 6.07) is 15.3. The molecule has 0 radical (unpaired) electrons. The Morgan fingerprint density at radius 3 is 2.56 bits per heavy atom. The molecule has 0 unspecified atom stereocenters. The van der Waals surface area contributed by atoms with E-state index < -0.39 is 0 Å². The van der Waals surface area contributed by atoms with Gasteiger partial charge in [-0.05, 0) is 67.5 Å². The van der Waals surface area contributed by atoms with Crippen molar-refractivity contribution in [3.05, 3.63) is 59.7 Å². The van der Waals surface area contributed by atoms with Crippen LogP contribution in [0.5, 0.6) is 0 Å². The van der Waals surface area contributed by atoms with Gasteiger partial charge in [0.25, 0.3) is 5.91 Å². The van der Waals surface area contributed by atoms with Crippen molar-refractivity contribution in [2.45, 2.75) is 44.9 Å². The highest BCUT2D eigenvalue weighted by atomic mass is 16.2. The Balaban J connectivity index is 1.48. The predicted octanol–water partition coefficient (Wildman–Crippen LogP) is 4.80. The molecule has 140 valence electrons. The molecule has 1 heterocycles. The Hall–Kier alpha value is -2.62. The number of anilines is 2. The van der Waals surface area contributed by atoms with Crippen molar-refractivity contribution in [1.82, 2.24) is 0 Å². The van der Waals surface area contributed by atoms with Crippen LogP contribution in [0.4, 0.5) is 11.4 Å². The number of hydrogen-bond acceptors (Lipinski definition) is 2. The summed E-state index contributed by atoms with van der Waals surface area (Å²) in [4.78, 5) is 27.1. The van der Waals surface area contributed by atoms with Gasteiger partial charge >= 0.3 is 0 Å². The number of benzene rings is 2. The minimum Gasteiger partial charge on any atom is -0.326 e. The molecule has 4 rings (SSSR count). The average molecular weight is 362 g/mol. The molecule has 1 aliphatic heterocycles. The van der Waals surface area contributed by atoms with E-state index in [1.807, 2.05) is 53.4 Å². The Labute approximate surface area is 160 Å². The molecule has 2 amide bonds. The fraction of sp³-hybridized carbons (Fsp3) is 0.391. The number of nitrogens with zero attached hydrogens (tertiary/aromatic N) is 1. The van der Waals surface area contributed by atoms with Crippen LogP contribution in [0, 0.1) is 5.92 Å². The van der Waals surface area contributed by atoms with E-state index in [9.17, 15) is 9.59 Å². The van der Waals surface area contributed by atoms with Gasteiger partial charge in [0.15, 0.2) is 0 Å². The van der Waals surface area contributed by atoms with Gasteiger partial charge in [-0.3, -0.25) is 9.59 Å². The van der Waals surface area contributed by atoms with Crippen LogP contribution >= 0.6 is 0 Å². The number of amides is 2. The molecule has 0 saturated heterocycles. The van der Waals surface area contributed by atoms with E-state index >= 15 is 0 Å². The first-order valence-electron chi connectivity index (χ1n) is 10.0. The topological polar surface area (TPSA) is 49.4 Å². The lowest BCUT2D eigenvalue weighted by Crippen LogP contribution is -2.35. The Morgan fingerprint density at radius 1 is 1.00 bits per heavy atom. The largest absolute Gasteiger partial charge is 0.326 e. The van der Waals surface area contributed by atoms with Crippen LogP contribution in [0.3, 0.4) is 0 Å². The smallest absolute Gasteiger partial charge is 0.258 e. The van der Waals surface area contributed by atoms with Crippen LogP contribution in [0.2, 0.25) is 0 Å². The summed E-state index contributed by atoms with van der Waals surface area (Å²) in [6.07, 6.45) is 7.34. The van der Waals surface area contributed by atoms with Crippen molar-refractivity contribution in [2.24, 2.45) is 5.92 Å². The molecule has 0 aromatic heterocycles. The van der Waals surface area contributed by atoms with Crippen molar-refractivity contribution < 1.29 is 9.59 Å². The highest BCUT2D eigenvalue weighted by molar-refractivity contribution is 6.07. The molecular formula is C23H26N2O2. The maximum Gasteiger partial charge on any atom is 0.258 e. The van der Waals surface area contributed by atoms with Crippen molar-refractivity contribution in [3.63, 3.8) is 0 Å². The first-order chi connectivity index (χ1) is 13.2. The number of nitrogens with one attached hydrogen (secondary N) is 1. The van der Waals surface area contributed by atoms with Crippen LogP contribution in [0.15, 0.2) is 48.5 Å². The third kappa shape index (κ3) is 4.05. The van der Waals surface area contributed by atoms with E-state index in [1.54, 1.807) is 0 Å². The summed E-state index contributed by atoms with van der Waals surface area (Å²) in [6.45, 7) is 0.730. The molecule has 0 bridgehead atoms. The molecule has 27 heavy (non-hydrogen) atoms. The molecule has 1 saturated carbocycles. The molecule has 1 fully saturated rings. The van der Waals surface area contributed by atoms with Crippen LogP contribution in [-0.4, -0.2) is 18.4 Å². The zero-order valence-corrected chi connectivity index (χ0v) is 15.6. The lowest BCUT2D eigenvalue weighted by molar-refractivity contribution is -0.117. The van der Waals surface area contributed by atoms with Gasteiger partial charge in [0.1, 0.15) is 0 Å². The van der Waals surface area contributed by atoms with Gasteiger partial charge in [0.2, 0.25) is 5.91 Å². The highest BCUT2D eigenvalue weighted by Crippen LogP contribution is 2.32. The normalized spacial score (nSPS) is 16.8. The molecular weight excluding hydrogens is 336 g/mol. The quantitative estimate of drug-likeness (QED) is 0.849. The number of aryl methyl sites for hydroxylation is 1. The summed E-state index contributed by atoms with van der Waals surface area (Å²) in [5.41, 5.74) is 3.64.